The minimum atomic E-state index is -0.621. The van der Waals surface area contributed by atoms with Crippen LogP contribution in [-0.2, 0) is 20.9 Å². The van der Waals surface area contributed by atoms with Crippen molar-refractivity contribution in [1.82, 2.24) is 19.6 Å². The summed E-state index contributed by atoms with van der Waals surface area (Å²) in [5, 5.41) is 7.03. The fourth-order valence-electron chi connectivity index (χ4n) is 3.60. The third kappa shape index (κ3) is 6.08. The summed E-state index contributed by atoms with van der Waals surface area (Å²) in [7, 11) is 3.32. The van der Waals surface area contributed by atoms with E-state index in [2.05, 4.69) is 10.4 Å². The third-order valence-electron chi connectivity index (χ3n) is 5.22. The lowest BCUT2D eigenvalue weighted by atomic mass is 10.1. The van der Waals surface area contributed by atoms with Crippen molar-refractivity contribution in [2.24, 2.45) is 0 Å². The van der Waals surface area contributed by atoms with E-state index in [1.807, 2.05) is 4.90 Å². The van der Waals surface area contributed by atoms with E-state index >= 15 is 0 Å². The molecule has 0 saturated carbocycles. The van der Waals surface area contributed by atoms with Gasteiger partial charge in [0.1, 0.15) is 18.2 Å². The van der Waals surface area contributed by atoms with Crippen LogP contribution in [0.15, 0.2) is 30.6 Å². The lowest BCUT2D eigenvalue weighted by Gasteiger charge is -2.24. The van der Waals surface area contributed by atoms with Crippen molar-refractivity contribution in [2.75, 3.05) is 39.2 Å². The molecule has 1 aliphatic rings. The van der Waals surface area contributed by atoms with E-state index < -0.39 is 11.6 Å². The first-order valence-corrected chi connectivity index (χ1v) is 10.0. The third-order valence-corrected chi connectivity index (χ3v) is 5.22. The maximum Gasteiger partial charge on any atom is 0.248 e. The minimum Gasteiger partial charge on any atom is -0.370 e. The van der Waals surface area contributed by atoms with E-state index in [-0.39, 0.29) is 37.0 Å². The Bertz CT molecular complexity index is 933. The molecule has 1 aromatic heterocycles. The van der Waals surface area contributed by atoms with Crippen LogP contribution in [0.4, 0.5) is 14.5 Å². The van der Waals surface area contributed by atoms with Gasteiger partial charge in [-0.3, -0.25) is 19.2 Å². The molecule has 0 bridgehead atoms. The highest BCUT2D eigenvalue weighted by atomic mass is 19.1. The Labute approximate surface area is 179 Å². The Hall–Kier alpha value is -2.85. The molecular formula is C21H27F2N5O3. The SMILES string of the molecule is CC(=O)Nc1cnn([C@H]2C[C@@H](COCC(=O)N(C)C)N(Cc3ccc(F)cc3F)C2)c1. The lowest BCUT2D eigenvalue weighted by Crippen LogP contribution is -2.35. The quantitative estimate of drug-likeness (QED) is 0.687. The average Bonchev–Trinajstić information content (AvgIpc) is 3.30. The first kappa shape index (κ1) is 22.8. The number of nitrogens with one attached hydrogen (secondary N) is 1. The summed E-state index contributed by atoms with van der Waals surface area (Å²) in [6.07, 6.45) is 3.99. The summed E-state index contributed by atoms with van der Waals surface area (Å²) in [6, 6.07) is 3.44. The van der Waals surface area contributed by atoms with Crippen molar-refractivity contribution in [3.8, 4) is 0 Å². The van der Waals surface area contributed by atoms with Crippen molar-refractivity contribution < 1.29 is 23.1 Å². The van der Waals surface area contributed by atoms with Gasteiger partial charge in [-0.1, -0.05) is 6.07 Å². The smallest absolute Gasteiger partial charge is 0.248 e. The molecule has 1 fully saturated rings. The summed E-state index contributed by atoms with van der Waals surface area (Å²) in [6.45, 7) is 2.51. The molecule has 0 unspecified atom stereocenters. The number of anilines is 1. The van der Waals surface area contributed by atoms with Gasteiger partial charge in [-0.15, -0.1) is 0 Å². The zero-order valence-electron chi connectivity index (χ0n) is 17.8. The summed E-state index contributed by atoms with van der Waals surface area (Å²) in [4.78, 5) is 26.6. The number of likely N-dealkylation sites (N-methyl/N-ethyl adjacent to an activating group) is 1. The molecule has 2 heterocycles. The zero-order chi connectivity index (χ0) is 22.5. The number of benzene rings is 1. The second kappa shape index (κ2) is 9.97. The lowest BCUT2D eigenvalue weighted by molar-refractivity contribution is -0.134. The van der Waals surface area contributed by atoms with E-state index in [9.17, 15) is 18.4 Å². The van der Waals surface area contributed by atoms with E-state index in [1.54, 1.807) is 31.2 Å². The van der Waals surface area contributed by atoms with Crippen LogP contribution in [0.25, 0.3) is 0 Å². The van der Waals surface area contributed by atoms with E-state index in [4.69, 9.17) is 4.74 Å². The maximum absolute atomic E-state index is 14.2. The zero-order valence-corrected chi connectivity index (χ0v) is 17.8. The summed E-state index contributed by atoms with van der Waals surface area (Å²) in [5.74, 6) is -1.54. The minimum absolute atomic E-state index is 0.0239. The van der Waals surface area contributed by atoms with Crippen LogP contribution >= 0.6 is 0 Å². The van der Waals surface area contributed by atoms with Crippen LogP contribution in [0.1, 0.15) is 24.9 Å². The number of ether oxygens (including phenoxy) is 1. The number of carbonyl (C=O) groups is 2. The normalized spacial score (nSPS) is 18.9. The molecule has 0 aliphatic carbocycles. The Kier molecular flexibility index (Phi) is 7.34. The van der Waals surface area contributed by atoms with Gasteiger partial charge >= 0.3 is 0 Å². The maximum atomic E-state index is 14.2. The van der Waals surface area contributed by atoms with Crippen LogP contribution in [-0.4, -0.2) is 71.3 Å². The second-order valence-electron chi connectivity index (χ2n) is 7.90. The van der Waals surface area contributed by atoms with Crippen molar-refractivity contribution >= 4 is 17.5 Å². The molecule has 3 rings (SSSR count). The molecule has 0 spiro atoms. The highest BCUT2D eigenvalue weighted by Gasteiger charge is 2.34. The highest BCUT2D eigenvalue weighted by Crippen LogP contribution is 2.30. The van der Waals surface area contributed by atoms with Crippen molar-refractivity contribution in [2.45, 2.75) is 32.0 Å². The van der Waals surface area contributed by atoms with Crippen LogP contribution in [0.3, 0.4) is 0 Å². The topological polar surface area (TPSA) is 79.7 Å². The molecule has 0 radical (unpaired) electrons. The van der Waals surface area contributed by atoms with E-state index in [0.717, 1.165) is 6.07 Å². The van der Waals surface area contributed by atoms with Gasteiger partial charge in [0, 0.05) is 58.0 Å². The summed E-state index contributed by atoms with van der Waals surface area (Å²) >= 11 is 0. The van der Waals surface area contributed by atoms with Gasteiger partial charge in [0.2, 0.25) is 11.8 Å². The Morgan fingerprint density at radius 1 is 1.32 bits per heavy atom. The molecule has 10 heteroatoms. The molecule has 2 aromatic rings. The molecule has 31 heavy (non-hydrogen) atoms. The largest absolute Gasteiger partial charge is 0.370 e. The van der Waals surface area contributed by atoms with Crippen LogP contribution < -0.4 is 5.32 Å². The highest BCUT2D eigenvalue weighted by molar-refractivity contribution is 5.88. The van der Waals surface area contributed by atoms with Gasteiger partial charge < -0.3 is 15.0 Å². The molecule has 1 saturated heterocycles. The van der Waals surface area contributed by atoms with E-state index in [1.165, 1.54) is 24.0 Å². The molecule has 1 aliphatic heterocycles. The van der Waals surface area contributed by atoms with Gasteiger partial charge in [0.15, 0.2) is 0 Å². The molecule has 2 atom stereocenters. The number of hydrogen-bond acceptors (Lipinski definition) is 5. The fourth-order valence-corrected chi connectivity index (χ4v) is 3.60. The Balaban J connectivity index is 1.71. The molecule has 2 amide bonds. The Morgan fingerprint density at radius 2 is 2.10 bits per heavy atom. The number of rotatable bonds is 8. The number of hydrogen-bond donors (Lipinski definition) is 1. The first-order valence-electron chi connectivity index (χ1n) is 10.0. The van der Waals surface area contributed by atoms with Crippen molar-refractivity contribution in [1.29, 1.82) is 0 Å². The standard InChI is InChI=1S/C21H27F2N5O3/c1-14(29)25-17-8-24-28(10-17)18-7-19(12-31-13-21(30)26(2)3)27(11-18)9-15-4-5-16(22)6-20(15)23/h4-6,8,10,18-19H,7,9,11-13H2,1-3H3,(H,25,29)/t18-,19-/m0/s1. The van der Waals surface area contributed by atoms with Gasteiger partial charge in [-0.05, 0) is 12.5 Å². The number of amides is 2. The van der Waals surface area contributed by atoms with Crippen LogP contribution in [0, 0.1) is 11.6 Å². The fraction of sp³-hybridized carbons (Fsp3) is 0.476. The summed E-state index contributed by atoms with van der Waals surface area (Å²) < 4.78 is 34.9. The number of carbonyl (C=O) groups excluding carboxylic acids is 2. The van der Waals surface area contributed by atoms with Gasteiger partial charge in [0.05, 0.1) is 24.5 Å². The van der Waals surface area contributed by atoms with Crippen LogP contribution in [0.5, 0.6) is 0 Å². The molecule has 1 N–H and O–H groups in total. The van der Waals surface area contributed by atoms with Crippen LogP contribution in [0.2, 0.25) is 0 Å². The van der Waals surface area contributed by atoms with Crippen molar-refractivity contribution in [3.63, 3.8) is 0 Å². The molecule has 1 aromatic carbocycles. The number of aromatic nitrogens is 2. The predicted molar refractivity (Wildman–Crippen MR) is 110 cm³/mol. The van der Waals surface area contributed by atoms with E-state index in [0.29, 0.717) is 30.8 Å². The van der Waals surface area contributed by atoms with Crippen molar-refractivity contribution in [3.05, 3.63) is 47.8 Å². The van der Waals surface area contributed by atoms with Gasteiger partial charge in [-0.2, -0.15) is 5.10 Å². The number of nitrogens with zero attached hydrogens (tertiary/aromatic N) is 4. The molecule has 168 valence electrons. The second-order valence-corrected chi connectivity index (χ2v) is 7.90. The first-order chi connectivity index (χ1) is 14.7. The number of likely N-dealkylation sites (tertiary alicyclic amines) is 1. The Morgan fingerprint density at radius 3 is 2.77 bits per heavy atom. The predicted octanol–water partition coefficient (Wildman–Crippen LogP) is 2.04. The number of halogens is 2. The monoisotopic (exact) mass is 435 g/mol. The molecule has 8 nitrogen and oxygen atoms in total. The average molecular weight is 435 g/mol. The van der Waals surface area contributed by atoms with Gasteiger partial charge in [0.25, 0.3) is 0 Å². The summed E-state index contributed by atoms with van der Waals surface area (Å²) in [5.41, 5.74) is 0.982. The molecular weight excluding hydrogens is 408 g/mol. The van der Waals surface area contributed by atoms with Gasteiger partial charge in [-0.25, -0.2) is 8.78 Å².